The predicted molar refractivity (Wildman–Crippen MR) is 56.9 cm³/mol. The number of rotatable bonds is 3. The van der Waals surface area contributed by atoms with Crippen LogP contribution in [0.15, 0.2) is 30.9 Å². The summed E-state index contributed by atoms with van der Waals surface area (Å²) in [5, 5.41) is 21.0. The van der Waals surface area contributed by atoms with Crippen molar-refractivity contribution in [1.29, 1.82) is 0 Å². The van der Waals surface area contributed by atoms with Crippen LogP contribution in [0.1, 0.15) is 17.3 Å². The third-order valence-electron chi connectivity index (χ3n) is 1.94. The number of carbonyl (C=O) groups excluding carboxylic acids is 1. The molecule has 15 heavy (non-hydrogen) atoms. The van der Waals surface area contributed by atoms with Crippen LogP contribution in [0.5, 0.6) is 11.5 Å². The number of phenolic OH excluding ortho intramolecular Hbond substituents is 2. The molecule has 4 heteroatoms. The predicted octanol–water partition coefficient (Wildman–Crippen LogP) is 1.40. The van der Waals surface area contributed by atoms with E-state index in [1.807, 2.05) is 0 Å². The number of hydrogen-bond donors (Lipinski definition) is 3. The van der Waals surface area contributed by atoms with E-state index >= 15 is 0 Å². The summed E-state index contributed by atoms with van der Waals surface area (Å²) in [5.41, 5.74) is 0.126. The first-order chi connectivity index (χ1) is 7.04. The molecule has 0 aliphatic carbocycles. The summed E-state index contributed by atoms with van der Waals surface area (Å²) in [4.78, 5) is 11.5. The van der Waals surface area contributed by atoms with E-state index in [0.717, 1.165) is 6.07 Å². The lowest BCUT2D eigenvalue weighted by Crippen LogP contribution is -2.30. The van der Waals surface area contributed by atoms with E-state index in [1.165, 1.54) is 12.1 Å². The summed E-state index contributed by atoms with van der Waals surface area (Å²) in [6.45, 7) is 5.29. The maximum absolute atomic E-state index is 11.5. The van der Waals surface area contributed by atoms with Crippen molar-refractivity contribution in [3.63, 3.8) is 0 Å². The van der Waals surface area contributed by atoms with Gasteiger partial charge in [-0.15, -0.1) is 6.58 Å². The van der Waals surface area contributed by atoms with E-state index in [0.29, 0.717) is 0 Å². The Balaban J connectivity index is 2.87. The van der Waals surface area contributed by atoms with Gasteiger partial charge < -0.3 is 15.5 Å². The molecule has 1 rings (SSSR count). The molecule has 0 heterocycles. The minimum absolute atomic E-state index is 0.0826. The molecular formula is C11H13NO3. The average molecular weight is 207 g/mol. The third kappa shape index (κ3) is 2.74. The molecule has 1 atom stereocenters. The number of phenols is 2. The van der Waals surface area contributed by atoms with Crippen LogP contribution in [0.25, 0.3) is 0 Å². The first kappa shape index (κ1) is 11.1. The molecule has 0 saturated carbocycles. The SMILES string of the molecule is C=CC(C)NC(=O)c1ccc(O)cc1O. The summed E-state index contributed by atoms with van der Waals surface area (Å²) in [5.74, 6) is -0.732. The molecule has 1 aromatic rings. The largest absolute Gasteiger partial charge is 0.508 e. The molecule has 0 fully saturated rings. The van der Waals surface area contributed by atoms with Gasteiger partial charge in [0.1, 0.15) is 11.5 Å². The normalized spacial score (nSPS) is 11.8. The van der Waals surface area contributed by atoms with Gasteiger partial charge in [-0.05, 0) is 19.1 Å². The van der Waals surface area contributed by atoms with Crippen LogP contribution in [0, 0.1) is 0 Å². The van der Waals surface area contributed by atoms with Gasteiger partial charge >= 0.3 is 0 Å². The van der Waals surface area contributed by atoms with Gasteiger partial charge in [0, 0.05) is 12.1 Å². The van der Waals surface area contributed by atoms with E-state index in [9.17, 15) is 9.90 Å². The maximum Gasteiger partial charge on any atom is 0.255 e. The first-order valence-electron chi connectivity index (χ1n) is 4.50. The summed E-state index contributed by atoms with van der Waals surface area (Å²) in [6.07, 6.45) is 1.58. The van der Waals surface area contributed by atoms with Crippen molar-refractivity contribution in [1.82, 2.24) is 5.32 Å². The first-order valence-corrected chi connectivity index (χ1v) is 4.50. The summed E-state index contributed by atoms with van der Waals surface area (Å²) < 4.78 is 0. The van der Waals surface area contributed by atoms with E-state index in [1.54, 1.807) is 13.0 Å². The van der Waals surface area contributed by atoms with Gasteiger partial charge in [-0.25, -0.2) is 0 Å². The molecule has 0 aromatic heterocycles. The number of hydrogen-bond acceptors (Lipinski definition) is 3. The smallest absolute Gasteiger partial charge is 0.255 e. The van der Waals surface area contributed by atoms with Crippen molar-refractivity contribution >= 4 is 5.91 Å². The Hall–Kier alpha value is -1.97. The van der Waals surface area contributed by atoms with Crippen molar-refractivity contribution in [3.8, 4) is 11.5 Å². The van der Waals surface area contributed by atoms with E-state index in [-0.39, 0.29) is 23.1 Å². The molecule has 0 saturated heterocycles. The van der Waals surface area contributed by atoms with Crippen LogP contribution in [-0.2, 0) is 0 Å². The van der Waals surface area contributed by atoms with E-state index in [2.05, 4.69) is 11.9 Å². The van der Waals surface area contributed by atoms with Crippen LogP contribution in [0.2, 0.25) is 0 Å². The lowest BCUT2D eigenvalue weighted by atomic mass is 10.1. The molecule has 0 bridgehead atoms. The molecule has 1 aromatic carbocycles. The van der Waals surface area contributed by atoms with Crippen molar-refractivity contribution in [2.75, 3.05) is 0 Å². The Morgan fingerprint density at radius 3 is 2.73 bits per heavy atom. The molecular weight excluding hydrogens is 194 g/mol. The Morgan fingerprint density at radius 2 is 2.20 bits per heavy atom. The monoisotopic (exact) mass is 207 g/mol. The van der Waals surface area contributed by atoms with Gasteiger partial charge in [0.05, 0.1) is 5.56 Å². The zero-order valence-corrected chi connectivity index (χ0v) is 8.40. The minimum Gasteiger partial charge on any atom is -0.508 e. The average Bonchev–Trinajstić information content (AvgIpc) is 2.17. The maximum atomic E-state index is 11.5. The molecule has 0 aliphatic heterocycles. The van der Waals surface area contributed by atoms with Gasteiger partial charge in [0.15, 0.2) is 0 Å². The highest BCUT2D eigenvalue weighted by Gasteiger charge is 2.12. The Morgan fingerprint density at radius 1 is 1.53 bits per heavy atom. The fourth-order valence-corrected chi connectivity index (χ4v) is 1.06. The lowest BCUT2D eigenvalue weighted by Gasteiger charge is -2.10. The molecule has 0 radical (unpaired) electrons. The topological polar surface area (TPSA) is 69.6 Å². The van der Waals surface area contributed by atoms with Gasteiger partial charge in [-0.3, -0.25) is 4.79 Å². The Bertz CT molecular complexity index is 387. The fraction of sp³-hybridized carbons (Fsp3) is 0.182. The number of aromatic hydroxyl groups is 2. The molecule has 0 spiro atoms. The van der Waals surface area contributed by atoms with E-state index in [4.69, 9.17) is 5.11 Å². The second-order valence-corrected chi connectivity index (χ2v) is 3.20. The zero-order valence-electron chi connectivity index (χ0n) is 8.40. The van der Waals surface area contributed by atoms with Crippen molar-refractivity contribution in [2.24, 2.45) is 0 Å². The molecule has 4 nitrogen and oxygen atoms in total. The second kappa shape index (κ2) is 4.50. The Labute approximate surface area is 87.9 Å². The van der Waals surface area contributed by atoms with Crippen LogP contribution in [0.4, 0.5) is 0 Å². The highest BCUT2D eigenvalue weighted by atomic mass is 16.3. The van der Waals surface area contributed by atoms with Crippen LogP contribution < -0.4 is 5.32 Å². The zero-order chi connectivity index (χ0) is 11.4. The molecule has 0 aliphatic rings. The number of amides is 1. The summed E-state index contributed by atoms with van der Waals surface area (Å²) in [6, 6.07) is 3.64. The van der Waals surface area contributed by atoms with Gasteiger partial charge in [-0.1, -0.05) is 6.08 Å². The highest BCUT2D eigenvalue weighted by molar-refractivity contribution is 5.97. The van der Waals surface area contributed by atoms with Crippen molar-refractivity contribution in [3.05, 3.63) is 36.4 Å². The quantitative estimate of drug-likeness (QED) is 0.656. The number of nitrogens with one attached hydrogen (secondary N) is 1. The number of benzene rings is 1. The molecule has 1 unspecified atom stereocenters. The molecule has 1 amide bonds. The lowest BCUT2D eigenvalue weighted by molar-refractivity contribution is 0.0944. The van der Waals surface area contributed by atoms with Crippen LogP contribution in [-0.4, -0.2) is 22.2 Å². The minimum atomic E-state index is -0.403. The van der Waals surface area contributed by atoms with Crippen LogP contribution in [0.3, 0.4) is 0 Å². The van der Waals surface area contributed by atoms with Gasteiger partial charge in [0.25, 0.3) is 5.91 Å². The van der Waals surface area contributed by atoms with Crippen molar-refractivity contribution < 1.29 is 15.0 Å². The van der Waals surface area contributed by atoms with E-state index < -0.39 is 5.91 Å². The Kier molecular flexibility index (Phi) is 3.33. The second-order valence-electron chi connectivity index (χ2n) is 3.20. The standard InChI is InChI=1S/C11H13NO3/c1-3-7(2)12-11(15)9-5-4-8(13)6-10(9)14/h3-7,13-14H,1H2,2H3,(H,12,15). The van der Waals surface area contributed by atoms with Gasteiger partial charge in [0.2, 0.25) is 0 Å². The summed E-state index contributed by atoms with van der Waals surface area (Å²) >= 11 is 0. The van der Waals surface area contributed by atoms with Crippen molar-refractivity contribution in [2.45, 2.75) is 13.0 Å². The summed E-state index contributed by atoms with van der Waals surface area (Å²) in [7, 11) is 0. The fourth-order valence-electron chi connectivity index (χ4n) is 1.06. The molecule has 3 N–H and O–H groups in total. The third-order valence-corrected chi connectivity index (χ3v) is 1.94. The highest BCUT2D eigenvalue weighted by Crippen LogP contribution is 2.22. The van der Waals surface area contributed by atoms with Crippen LogP contribution >= 0.6 is 0 Å². The molecule has 80 valence electrons. The number of carbonyl (C=O) groups is 1. The van der Waals surface area contributed by atoms with Gasteiger partial charge in [-0.2, -0.15) is 0 Å².